The maximum Gasteiger partial charge on any atom is 0.326 e. The number of hydrogen-bond acceptors (Lipinski definition) is 8. The topological polar surface area (TPSA) is 134 Å². The summed E-state index contributed by atoms with van der Waals surface area (Å²) in [4.78, 5) is 67.5. The van der Waals surface area contributed by atoms with Crippen LogP contribution in [0.3, 0.4) is 0 Å². The van der Waals surface area contributed by atoms with E-state index >= 15 is 0 Å². The van der Waals surface area contributed by atoms with Gasteiger partial charge < -0.3 is 19.4 Å². The molecule has 2 aliphatic rings. The van der Waals surface area contributed by atoms with E-state index in [9.17, 15) is 32.8 Å². The summed E-state index contributed by atoms with van der Waals surface area (Å²) >= 11 is 0. The highest BCUT2D eigenvalue weighted by Crippen LogP contribution is 2.41. The maximum absolute atomic E-state index is 14.0. The van der Waals surface area contributed by atoms with Crippen molar-refractivity contribution in [3.05, 3.63) is 62.9 Å². The molecule has 1 atom stereocenters. The molecule has 3 aromatic rings. The third kappa shape index (κ3) is 5.40. The van der Waals surface area contributed by atoms with Gasteiger partial charge in [-0.3, -0.25) is 24.0 Å². The van der Waals surface area contributed by atoms with Gasteiger partial charge in [0.05, 0.1) is 35.4 Å². The van der Waals surface area contributed by atoms with Gasteiger partial charge in [-0.15, -0.1) is 0 Å². The van der Waals surface area contributed by atoms with Crippen LogP contribution in [0.1, 0.15) is 69.1 Å². The zero-order chi connectivity index (χ0) is 30.2. The number of cyclic esters (lactones) is 1. The fourth-order valence-electron chi connectivity index (χ4n) is 5.46. The fraction of sp³-hybridized carbons (Fsp3) is 0.400. The lowest BCUT2D eigenvalue weighted by atomic mass is 9.85. The zero-order valence-corrected chi connectivity index (χ0v) is 23.2. The molecule has 0 saturated heterocycles. The lowest BCUT2D eigenvalue weighted by molar-refractivity contribution is -0.167. The molecular weight excluding hydrogens is 552 g/mol. The van der Waals surface area contributed by atoms with Crippen LogP contribution in [0.4, 0.5) is 8.78 Å². The monoisotopic (exact) mass is 581 g/mol. The SMILES string of the molecule is CCC(=O)CCCC(=O)NCC(=O)OC1(CC)CC(=O)OCc2c1cc1n(c2=O)Cc2cc3cc(F)c(F)cc3nc2-1. The van der Waals surface area contributed by atoms with E-state index in [1.807, 2.05) is 0 Å². The number of pyridine rings is 2. The van der Waals surface area contributed by atoms with Gasteiger partial charge >= 0.3 is 11.9 Å². The zero-order valence-electron chi connectivity index (χ0n) is 23.2. The molecule has 1 aromatic carbocycles. The van der Waals surface area contributed by atoms with E-state index in [4.69, 9.17) is 9.47 Å². The lowest BCUT2D eigenvalue weighted by Gasteiger charge is -2.32. The first kappa shape index (κ1) is 29.0. The summed E-state index contributed by atoms with van der Waals surface area (Å²) in [6.45, 7) is 2.74. The maximum atomic E-state index is 14.0. The van der Waals surface area contributed by atoms with Crippen molar-refractivity contribution in [2.45, 2.75) is 71.1 Å². The first-order chi connectivity index (χ1) is 20.0. The van der Waals surface area contributed by atoms with Gasteiger partial charge in [-0.05, 0) is 31.0 Å². The van der Waals surface area contributed by atoms with Crippen molar-refractivity contribution < 1.29 is 37.4 Å². The Balaban J connectivity index is 1.46. The van der Waals surface area contributed by atoms with E-state index in [-0.39, 0.29) is 61.3 Å². The number of fused-ring (bicyclic) bond motifs is 5. The number of amides is 1. The number of esters is 2. The van der Waals surface area contributed by atoms with Crippen molar-refractivity contribution in [1.29, 1.82) is 0 Å². The highest BCUT2D eigenvalue weighted by atomic mass is 19.2. The molecule has 0 aliphatic carbocycles. The summed E-state index contributed by atoms with van der Waals surface area (Å²) in [7, 11) is 0. The Labute approximate surface area is 239 Å². The summed E-state index contributed by atoms with van der Waals surface area (Å²) < 4.78 is 40.4. The quantitative estimate of drug-likeness (QED) is 0.297. The van der Waals surface area contributed by atoms with Crippen molar-refractivity contribution in [2.75, 3.05) is 6.54 Å². The molecule has 2 aromatic heterocycles. The van der Waals surface area contributed by atoms with Gasteiger partial charge in [0.1, 0.15) is 24.5 Å². The fourth-order valence-corrected chi connectivity index (χ4v) is 5.46. The molecule has 4 heterocycles. The number of carbonyl (C=O) groups excluding carboxylic acids is 4. The second kappa shape index (κ2) is 11.4. The van der Waals surface area contributed by atoms with Crippen LogP contribution < -0.4 is 10.9 Å². The normalized spacial score (nSPS) is 17.1. The van der Waals surface area contributed by atoms with E-state index < -0.39 is 47.2 Å². The van der Waals surface area contributed by atoms with E-state index in [2.05, 4.69) is 10.3 Å². The number of nitrogens with one attached hydrogen (secondary N) is 1. The molecule has 12 heteroatoms. The van der Waals surface area contributed by atoms with E-state index in [0.717, 1.165) is 12.1 Å². The van der Waals surface area contributed by atoms with Gasteiger partial charge in [-0.2, -0.15) is 0 Å². The minimum absolute atomic E-state index is 0.0421. The Morgan fingerprint density at radius 2 is 1.86 bits per heavy atom. The molecule has 0 bridgehead atoms. The summed E-state index contributed by atoms with van der Waals surface area (Å²) in [5, 5.41) is 2.85. The third-order valence-corrected chi connectivity index (χ3v) is 7.77. The molecule has 42 heavy (non-hydrogen) atoms. The molecule has 0 spiro atoms. The molecule has 0 saturated carbocycles. The number of Topliss-reactive ketones (excluding diaryl/α,β-unsaturated/α-hetero) is 1. The first-order valence-electron chi connectivity index (χ1n) is 13.8. The number of nitrogens with zero attached hydrogens (tertiary/aromatic N) is 2. The van der Waals surface area contributed by atoms with Gasteiger partial charge in [-0.25, -0.2) is 13.8 Å². The average Bonchev–Trinajstić information content (AvgIpc) is 3.24. The van der Waals surface area contributed by atoms with Gasteiger partial charge in [0.25, 0.3) is 5.56 Å². The Hall–Kier alpha value is -4.48. The number of ketones is 1. The van der Waals surface area contributed by atoms with Gasteiger partial charge in [-0.1, -0.05) is 13.8 Å². The van der Waals surface area contributed by atoms with Crippen molar-refractivity contribution >= 4 is 34.5 Å². The molecule has 2 aliphatic heterocycles. The largest absolute Gasteiger partial charge is 0.460 e. The molecule has 1 amide bonds. The average molecular weight is 582 g/mol. The third-order valence-electron chi connectivity index (χ3n) is 7.77. The van der Waals surface area contributed by atoms with Crippen LogP contribution in [0.25, 0.3) is 22.3 Å². The Morgan fingerprint density at radius 1 is 1.10 bits per heavy atom. The number of carbonyl (C=O) groups is 4. The standard InChI is InChI=1S/C30H29F2N3O7/c1-3-18(36)6-5-7-25(37)33-13-27(39)42-30(4-2)12-26(38)41-15-19-20(30)10-24-28-17(14-35(24)29(19)40)8-16-9-21(31)22(32)11-23(16)34-28/h8-11H,3-7,12-15H2,1-2H3,(H,33,37). The van der Waals surface area contributed by atoms with Crippen LogP contribution >= 0.6 is 0 Å². The predicted octanol–water partition coefficient (Wildman–Crippen LogP) is 3.56. The van der Waals surface area contributed by atoms with Crippen LogP contribution in [0, 0.1) is 11.6 Å². The Kier molecular flexibility index (Phi) is 7.89. The minimum Gasteiger partial charge on any atom is -0.460 e. The number of halogens is 2. The van der Waals surface area contributed by atoms with Crippen LogP contribution in [-0.4, -0.2) is 39.7 Å². The molecule has 0 fully saturated rings. The van der Waals surface area contributed by atoms with Crippen LogP contribution in [0.2, 0.25) is 0 Å². The molecular formula is C30H29F2N3O7. The van der Waals surface area contributed by atoms with Crippen molar-refractivity contribution in [1.82, 2.24) is 14.9 Å². The summed E-state index contributed by atoms with van der Waals surface area (Å²) in [6.07, 6.45) is 0.826. The molecule has 1 N–H and O–H groups in total. The summed E-state index contributed by atoms with van der Waals surface area (Å²) in [5.41, 5.74) is -0.0468. The smallest absolute Gasteiger partial charge is 0.326 e. The summed E-state index contributed by atoms with van der Waals surface area (Å²) in [6, 6.07) is 5.30. The van der Waals surface area contributed by atoms with Crippen LogP contribution in [0.5, 0.6) is 0 Å². The van der Waals surface area contributed by atoms with Crippen LogP contribution in [0.15, 0.2) is 29.1 Å². The molecule has 0 radical (unpaired) electrons. The molecule has 5 rings (SSSR count). The Morgan fingerprint density at radius 3 is 2.60 bits per heavy atom. The molecule has 1 unspecified atom stereocenters. The molecule has 220 valence electrons. The van der Waals surface area contributed by atoms with Crippen molar-refractivity contribution in [3.63, 3.8) is 0 Å². The predicted molar refractivity (Wildman–Crippen MR) is 145 cm³/mol. The second-order valence-corrected chi connectivity index (χ2v) is 10.5. The number of aromatic nitrogens is 2. The van der Waals surface area contributed by atoms with Gasteiger partial charge in [0.2, 0.25) is 5.91 Å². The van der Waals surface area contributed by atoms with E-state index in [1.165, 1.54) is 4.57 Å². The highest BCUT2D eigenvalue weighted by molar-refractivity contribution is 5.85. The number of rotatable bonds is 9. The van der Waals surface area contributed by atoms with Gasteiger partial charge in [0.15, 0.2) is 11.6 Å². The van der Waals surface area contributed by atoms with E-state index in [0.29, 0.717) is 35.2 Å². The van der Waals surface area contributed by atoms with Crippen molar-refractivity contribution in [2.24, 2.45) is 0 Å². The first-order valence-corrected chi connectivity index (χ1v) is 13.8. The highest BCUT2D eigenvalue weighted by Gasteiger charge is 2.44. The number of hydrogen-bond donors (Lipinski definition) is 1. The van der Waals surface area contributed by atoms with Crippen molar-refractivity contribution in [3.8, 4) is 11.4 Å². The lowest BCUT2D eigenvalue weighted by Crippen LogP contribution is -2.40. The second-order valence-electron chi connectivity index (χ2n) is 10.5. The molecule has 10 nitrogen and oxygen atoms in total. The number of benzene rings is 1. The number of ether oxygens (including phenoxy) is 2. The van der Waals surface area contributed by atoms with E-state index in [1.54, 1.807) is 26.0 Å². The Bertz CT molecular complexity index is 1700. The van der Waals surface area contributed by atoms with Crippen LogP contribution in [-0.2, 0) is 47.4 Å². The minimum atomic E-state index is -1.57. The summed E-state index contributed by atoms with van der Waals surface area (Å²) in [5.74, 6) is -3.94. The van der Waals surface area contributed by atoms with Gasteiger partial charge in [0, 0.05) is 41.8 Å².